The minimum Gasteiger partial charge on any atom is -0.504 e. The average Bonchev–Trinajstić information content (AvgIpc) is 3.43. The van der Waals surface area contributed by atoms with Crippen molar-refractivity contribution < 1.29 is 33.4 Å². The van der Waals surface area contributed by atoms with Crippen molar-refractivity contribution in [2.24, 2.45) is 11.8 Å². The number of aromatic hydroxyl groups is 2. The molecular formula is C27H21F2N3O5. The lowest BCUT2D eigenvalue weighted by Crippen LogP contribution is -2.53. The van der Waals surface area contributed by atoms with Crippen LogP contribution < -0.4 is 10.6 Å². The summed E-state index contributed by atoms with van der Waals surface area (Å²) in [5.41, 5.74) is -0.00649. The van der Waals surface area contributed by atoms with Crippen LogP contribution in [0.25, 0.3) is 0 Å². The average molecular weight is 505 g/mol. The van der Waals surface area contributed by atoms with E-state index in [0.717, 1.165) is 4.90 Å². The number of imide groups is 1. The van der Waals surface area contributed by atoms with Gasteiger partial charge in [0.1, 0.15) is 17.2 Å². The molecule has 3 amide bonds. The fourth-order valence-electron chi connectivity index (χ4n) is 5.89. The van der Waals surface area contributed by atoms with Crippen LogP contribution in [-0.2, 0) is 32.9 Å². The predicted octanol–water partition coefficient (Wildman–Crippen LogP) is 2.54. The van der Waals surface area contributed by atoms with E-state index < -0.39 is 52.8 Å². The second-order valence-corrected chi connectivity index (χ2v) is 9.62. The third-order valence-electron chi connectivity index (χ3n) is 7.52. The standard InChI is InChI=1S/C27H21F2N3O5/c28-15-4-1-13(2-5-15)12-32-24(35)22-19(9-14-3-8-20(33)21(34)10-14)31-27(23(22)25(32)36)17-11-16(29)6-7-18(17)30-26(27)37/h1-8,10-11,19,22-23,31,33-34H,9,12H2,(H,30,37)/t19-,22+,23-,27-/m0/s1. The highest BCUT2D eigenvalue weighted by atomic mass is 19.1. The Labute approximate surface area is 209 Å². The van der Waals surface area contributed by atoms with Gasteiger partial charge in [-0.3, -0.25) is 24.6 Å². The minimum atomic E-state index is -1.68. The Balaban J connectivity index is 1.44. The smallest absolute Gasteiger partial charge is 0.250 e. The molecule has 0 saturated carbocycles. The fraction of sp³-hybridized carbons (Fsp3) is 0.222. The molecule has 0 aliphatic carbocycles. The number of carbonyl (C=O) groups excluding carboxylic acids is 3. The van der Waals surface area contributed by atoms with Crippen LogP contribution in [0.3, 0.4) is 0 Å². The van der Waals surface area contributed by atoms with Gasteiger partial charge < -0.3 is 15.5 Å². The van der Waals surface area contributed by atoms with Gasteiger partial charge >= 0.3 is 0 Å². The van der Waals surface area contributed by atoms with Gasteiger partial charge in [0.25, 0.3) is 0 Å². The number of amides is 3. The molecule has 8 nitrogen and oxygen atoms in total. The molecule has 0 bridgehead atoms. The number of nitrogens with one attached hydrogen (secondary N) is 2. The summed E-state index contributed by atoms with van der Waals surface area (Å²) >= 11 is 0. The summed E-state index contributed by atoms with van der Waals surface area (Å²) in [5.74, 6) is -5.49. The van der Waals surface area contributed by atoms with Crippen LogP contribution in [0.4, 0.5) is 14.5 Å². The molecular weight excluding hydrogens is 484 g/mol. The molecule has 0 aromatic heterocycles. The number of anilines is 1. The summed E-state index contributed by atoms with van der Waals surface area (Å²) in [7, 11) is 0. The molecule has 1 spiro atoms. The van der Waals surface area contributed by atoms with Crippen molar-refractivity contribution in [3.63, 3.8) is 0 Å². The van der Waals surface area contributed by atoms with Gasteiger partial charge in [-0.05, 0) is 60.0 Å². The van der Waals surface area contributed by atoms with E-state index in [9.17, 15) is 33.4 Å². The number of likely N-dealkylation sites (tertiary alicyclic amines) is 1. The zero-order valence-corrected chi connectivity index (χ0v) is 19.2. The molecule has 2 saturated heterocycles. The van der Waals surface area contributed by atoms with Crippen molar-refractivity contribution in [3.05, 3.63) is 89.0 Å². The Morgan fingerprint density at radius 2 is 1.54 bits per heavy atom. The first-order chi connectivity index (χ1) is 17.7. The van der Waals surface area contributed by atoms with E-state index in [0.29, 0.717) is 16.8 Å². The number of rotatable bonds is 4. The van der Waals surface area contributed by atoms with Gasteiger partial charge in [-0.1, -0.05) is 18.2 Å². The van der Waals surface area contributed by atoms with Gasteiger partial charge in [0, 0.05) is 17.3 Å². The van der Waals surface area contributed by atoms with Crippen molar-refractivity contribution >= 4 is 23.4 Å². The summed E-state index contributed by atoms with van der Waals surface area (Å²) in [4.78, 5) is 42.1. The van der Waals surface area contributed by atoms with Gasteiger partial charge in [0.05, 0.1) is 18.4 Å². The van der Waals surface area contributed by atoms with Gasteiger partial charge in [0.2, 0.25) is 17.7 Å². The highest BCUT2D eigenvalue weighted by molar-refractivity contribution is 6.15. The van der Waals surface area contributed by atoms with Gasteiger partial charge in [-0.2, -0.15) is 0 Å². The molecule has 4 atom stereocenters. The number of halogens is 2. The van der Waals surface area contributed by atoms with E-state index in [1.54, 1.807) is 6.07 Å². The predicted molar refractivity (Wildman–Crippen MR) is 126 cm³/mol. The van der Waals surface area contributed by atoms with E-state index >= 15 is 0 Å². The third kappa shape index (κ3) is 3.40. The maximum absolute atomic E-state index is 14.4. The number of phenolic OH excluding ortho intramolecular Hbond substituents is 2. The molecule has 2 fully saturated rings. The lowest BCUT2D eigenvalue weighted by Gasteiger charge is -2.29. The van der Waals surface area contributed by atoms with Gasteiger partial charge in [0.15, 0.2) is 11.5 Å². The van der Waals surface area contributed by atoms with Crippen LogP contribution in [-0.4, -0.2) is 38.9 Å². The third-order valence-corrected chi connectivity index (χ3v) is 7.52. The van der Waals surface area contributed by atoms with E-state index in [1.165, 1.54) is 54.6 Å². The Morgan fingerprint density at radius 3 is 2.27 bits per heavy atom. The molecule has 0 radical (unpaired) electrons. The molecule has 4 N–H and O–H groups in total. The molecule has 188 valence electrons. The SMILES string of the molecule is O=C1[C@@H]2[C@H](Cc3ccc(O)c(O)c3)N[C@]3(C(=O)Nc4ccc(F)cc43)[C@@H]2C(=O)N1Cc1ccc(F)cc1. The highest BCUT2D eigenvalue weighted by Gasteiger charge is 2.70. The number of fused-ring (bicyclic) bond motifs is 4. The largest absolute Gasteiger partial charge is 0.504 e. The molecule has 10 heteroatoms. The van der Waals surface area contributed by atoms with Crippen molar-refractivity contribution in [2.45, 2.75) is 24.5 Å². The lowest BCUT2D eigenvalue weighted by atomic mass is 9.76. The Morgan fingerprint density at radius 1 is 0.838 bits per heavy atom. The van der Waals surface area contributed by atoms with Gasteiger partial charge in [-0.25, -0.2) is 8.78 Å². The van der Waals surface area contributed by atoms with Crippen molar-refractivity contribution in [3.8, 4) is 11.5 Å². The van der Waals surface area contributed by atoms with Crippen LogP contribution in [0.15, 0.2) is 60.7 Å². The topological polar surface area (TPSA) is 119 Å². The number of carbonyl (C=O) groups is 3. The van der Waals surface area contributed by atoms with Crippen LogP contribution in [0, 0.1) is 23.5 Å². The van der Waals surface area contributed by atoms with E-state index in [1.807, 2.05) is 0 Å². The zero-order valence-electron chi connectivity index (χ0n) is 19.2. The maximum atomic E-state index is 14.4. The summed E-state index contributed by atoms with van der Waals surface area (Å²) in [5, 5.41) is 25.5. The maximum Gasteiger partial charge on any atom is 0.250 e. The molecule has 3 aromatic carbocycles. The Bertz CT molecular complexity index is 1480. The Hall–Kier alpha value is -4.31. The first-order valence-electron chi connectivity index (χ1n) is 11.7. The molecule has 0 unspecified atom stereocenters. The first-order valence-corrected chi connectivity index (χ1v) is 11.7. The van der Waals surface area contributed by atoms with Crippen molar-refractivity contribution in [1.82, 2.24) is 10.2 Å². The van der Waals surface area contributed by atoms with Crippen molar-refractivity contribution in [2.75, 3.05) is 5.32 Å². The molecule has 6 rings (SSSR count). The summed E-state index contributed by atoms with van der Waals surface area (Å²) < 4.78 is 27.8. The molecule has 3 aromatic rings. The van der Waals surface area contributed by atoms with Crippen LogP contribution >= 0.6 is 0 Å². The number of nitrogens with zero attached hydrogens (tertiary/aromatic N) is 1. The molecule has 3 aliphatic heterocycles. The van der Waals surface area contributed by atoms with Crippen molar-refractivity contribution in [1.29, 1.82) is 0 Å². The summed E-state index contributed by atoms with van der Waals surface area (Å²) in [6.07, 6.45) is 0.137. The second kappa shape index (κ2) is 8.10. The first kappa shape index (κ1) is 23.1. The molecule has 3 heterocycles. The van der Waals surface area contributed by atoms with Gasteiger partial charge in [-0.15, -0.1) is 0 Å². The van der Waals surface area contributed by atoms with E-state index in [2.05, 4.69) is 10.6 Å². The normalized spacial score (nSPS) is 26.1. The quantitative estimate of drug-likeness (QED) is 0.320. The monoisotopic (exact) mass is 505 g/mol. The number of benzene rings is 3. The number of hydrogen-bond acceptors (Lipinski definition) is 6. The fourth-order valence-corrected chi connectivity index (χ4v) is 5.89. The van der Waals surface area contributed by atoms with Crippen LogP contribution in [0.5, 0.6) is 11.5 Å². The Kier molecular flexibility index (Phi) is 5.06. The second-order valence-electron chi connectivity index (χ2n) is 9.62. The van der Waals surface area contributed by atoms with E-state index in [-0.39, 0.29) is 30.0 Å². The zero-order chi connectivity index (χ0) is 26.1. The summed E-state index contributed by atoms with van der Waals surface area (Å²) in [6.45, 7) is -0.106. The lowest BCUT2D eigenvalue weighted by molar-refractivity contribution is -0.143. The number of phenols is 2. The number of hydrogen-bond donors (Lipinski definition) is 4. The van der Waals surface area contributed by atoms with Crippen LogP contribution in [0.2, 0.25) is 0 Å². The highest BCUT2D eigenvalue weighted by Crippen LogP contribution is 2.53. The summed E-state index contributed by atoms with van der Waals surface area (Å²) in [6, 6.07) is 12.7. The minimum absolute atomic E-state index is 0.106. The molecule has 3 aliphatic rings. The van der Waals surface area contributed by atoms with E-state index in [4.69, 9.17) is 0 Å². The van der Waals surface area contributed by atoms with Crippen LogP contribution in [0.1, 0.15) is 16.7 Å². The molecule has 37 heavy (non-hydrogen) atoms.